The first-order valence-corrected chi connectivity index (χ1v) is 6.84. The van der Waals surface area contributed by atoms with Crippen LogP contribution < -0.4 is 5.32 Å². The SMILES string of the molecule is CC(=O)c1ccccc1NC1=CC(=O)c2ccccc2C1=O. The molecule has 0 heterocycles. The van der Waals surface area contributed by atoms with Crippen LogP contribution >= 0.6 is 0 Å². The molecular formula is C18H13NO3. The molecule has 1 N–H and O–H groups in total. The summed E-state index contributed by atoms with van der Waals surface area (Å²) in [4.78, 5) is 36.2. The van der Waals surface area contributed by atoms with Crippen LogP contribution in [0.15, 0.2) is 60.3 Å². The molecule has 0 saturated carbocycles. The topological polar surface area (TPSA) is 63.2 Å². The number of fused-ring (bicyclic) bond motifs is 1. The van der Waals surface area contributed by atoms with Gasteiger partial charge in [0.2, 0.25) is 5.78 Å². The predicted octanol–water partition coefficient (Wildman–Crippen LogP) is 3.26. The van der Waals surface area contributed by atoms with E-state index in [4.69, 9.17) is 0 Å². The Hall–Kier alpha value is -3.01. The highest BCUT2D eigenvalue weighted by atomic mass is 16.1. The van der Waals surface area contributed by atoms with Crippen LogP contribution in [0.3, 0.4) is 0 Å². The molecule has 4 nitrogen and oxygen atoms in total. The molecule has 0 saturated heterocycles. The minimum absolute atomic E-state index is 0.112. The molecule has 0 fully saturated rings. The maximum absolute atomic E-state index is 12.5. The largest absolute Gasteiger partial charge is 0.352 e. The van der Waals surface area contributed by atoms with E-state index in [2.05, 4.69) is 5.32 Å². The van der Waals surface area contributed by atoms with Crippen LogP contribution in [0.1, 0.15) is 38.0 Å². The fraction of sp³-hybridized carbons (Fsp3) is 0.0556. The van der Waals surface area contributed by atoms with Gasteiger partial charge >= 0.3 is 0 Å². The Bertz CT molecular complexity index is 834. The molecule has 0 aliphatic heterocycles. The molecule has 108 valence electrons. The summed E-state index contributed by atoms with van der Waals surface area (Å²) >= 11 is 0. The van der Waals surface area contributed by atoms with Gasteiger partial charge in [-0.05, 0) is 19.1 Å². The van der Waals surface area contributed by atoms with Gasteiger partial charge in [0, 0.05) is 28.5 Å². The molecule has 0 radical (unpaired) electrons. The van der Waals surface area contributed by atoms with Crippen molar-refractivity contribution in [1.29, 1.82) is 0 Å². The van der Waals surface area contributed by atoms with E-state index in [1.54, 1.807) is 48.5 Å². The van der Waals surface area contributed by atoms with Crippen LogP contribution in [-0.4, -0.2) is 17.3 Å². The lowest BCUT2D eigenvalue weighted by molar-refractivity contribution is 0.0985. The quantitative estimate of drug-likeness (QED) is 0.882. The van der Waals surface area contributed by atoms with Gasteiger partial charge in [-0.3, -0.25) is 14.4 Å². The first-order valence-electron chi connectivity index (χ1n) is 6.84. The molecule has 0 amide bonds. The number of hydrogen-bond acceptors (Lipinski definition) is 4. The molecule has 0 atom stereocenters. The van der Waals surface area contributed by atoms with Crippen molar-refractivity contribution in [2.75, 3.05) is 5.32 Å². The number of carbonyl (C=O) groups excluding carboxylic acids is 3. The normalized spacial score (nSPS) is 13.4. The van der Waals surface area contributed by atoms with E-state index >= 15 is 0 Å². The minimum Gasteiger partial charge on any atom is -0.352 e. The average Bonchev–Trinajstić information content (AvgIpc) is 2.53. The molecule has 0 bridgehead atoms. The van der Waals surface area contributed by atoms with Gasteiger partial charge in [0.25, 0.3) is 0 Å². The Kier molecular flexibility index (Phi) is 3.43. The smallest absolute Gasteiger partial charge is 0.210 e. The average molecular weight is 291 g/mol. The zero-order chi connectivity index (χ0) is 15.7. The summed E-state index contributed by atoms with van der Waals surface area (Å²) in [6, 6.07) is 13.6. The van der Waals surface area contributed by atoms with Crippen molar-refractivity contribution in [3.8, 4) is 0 Å². The number of ketones is 3. The molecule has 0 unspecified atom stereocenters. The molecule has 1 aliphatic rings. The van der Waals surface area contributed by atoms with Crippen molar-refractivity contribution in [3.63, 3.8) is 0 Å². The Morgan fingerprint density at radius 1 is 0.909 bits per heavy atom. The number of allylic oxidation sites excluding steroid dienone is 2. The molecule has 2 aromatic rings. The van der Waals surface area contributed by atoms with Crippen LogP contribution in [0.4, 0.5) is 5.69 Å². The zero-order valence-electron chi connectivity index (χ0n) is 11.9. The molecule has 0 spiro atoms. The fourth-order valence-corrected chi connectivity index (χ4v) is 2.45. The van der Waals surface area contributed by atoms with Crippen LogP contribution in [0.5, 0.6) is 0 Å². The van der Waals surface area contributed by atoms with Gasteiger partial charge in [-0.1, -0.05) is 36.4 Å². The van der Waals surface area contributed by atoms with Crippen LogP contribution in [0.2, 0.25) is 0 Å². The molecule has 0 aromatic heterocycles. The second-order valence-electron chi connectivity index (χ2n) is 5.02. The lowest BCUT2D eigenvalue weighted by Crippen LogP contribution is -2.22. The number of carbonyl (C=O) groups is 3. The second kappa shape index (κ2) is 5.41. The van der Waals surface area contributed by atoms with Gasteiger partial charge in [-0.2, -0.15) is 0 Å². The van der Waals surface area contributed by atoms with Gasteiger partial charge < -0.3 is 5.32 Å². The third kappa shape index (κ3) is 2.35. The predicted molar refractivity (Wildman–Crippen MR) is 83.3 cm³/mol. The lowest BCUT2D eigenvalue weighted by Gasteiger charge is -2.17. The van der Waals surface area contributed by atoms with E-state index in [9.17, 15) is 14.4 Å². The highest BCUT2D eigenvalue weighted by Gasteiger charge is 2.25. The number of anilines is 1. The number of rotatable bonds is 3. The summed E-state index contributed by atoms with van der Waals surface area (Å²) in [5.41, 5.74) is 1.94. The van der Waals surface area contributed by atoms with Gasteiger partial charge in [0.05, 0.1) is 5.70 Å². The van der Waals surface area contributed by atoms with Crippen molar-refractivity contribution in [2.24, 2.45) is 0 Å². The summed E-state index contributed by atoms with van der Waals surface area (Å²) in [7, 11) is 0. The van der Waals surface area contributed by atoms with Gasteiger partial charge in [0.15, 0.2) is 11.6 Å². The van der Waals surface area contributed by atoms with E-state index in [-0.39, 0.29) is 23.0 Å². The highest BCUT2D eigenvalue weighted by Crippen LogP contribution is 2.24. The molecule has 22 heavy (non-hydrogen) atoms. The molecule has 1 aliphatic carbocycles. The summed E-state index contributed by atoms with van der Waals surface area (Å²) < 4.78 is 0. The highest BCUT2D eigenvalue weighted by molar-refractivity contribution is 6.25. The van der Waals surface area contributed by atoms with Crippen molar-refractivity contribution in [1.82, 2.24) is 0 Å². The van der Waals surface area contributed by atoms with Crippen LogP contribution in [-0.2, 0) is 0 Å². The standard InChI is InChI=1S/C18H13NO3/c1-11(20)12-6-4-5-9-15(12)19-16-10-17(21)13-7-2-3-8-14(13)18(16)22/h2-10,19H,1H3. The minimum atomic E-state index is -0.256. The number of nitrogens with one attached hydrogen (secondary N) is 1. The van der Waals surface area contributed by atoms with Gasteiger partial charge in [0.1, 0.15) is 0 Å². The van der Waals surface area contributed by atoms with Crippen LogP contribution in [0, 0.1) is 0 Å². The Morgan fingerprint density at radius 3 is 2.27 bits per heavy atom. The number of benzene rings is 2. The monoisotopic (exact) mass is 291 g/mol. The number of para-hydroxylation sites is 1. The molecule has 3 rings (SSSR count). The van der Waals surface area contributed by atoms with Crippen LogP contribution in [0.25, 0.3) is 0 Å². The Morgan fingerprint density at radius 2 is 1.55 bits per heavy atom. The van der Waals surface area contributed by atoms with Crippen molar-refractivity contribution in [2.45, 2.75) is 6.92 Å². The summed E-state index contributed by atoms with van der Waals surface area (Å²) in [6.07, 6.45) is 1.28. The zero-order valence-corrected chi connectivity index (χ0v) is 11.9. The van der Waals surface area contributed by atoms with E-state index < -0.39 is 0 Å². The fourth-order valence-electron chi connectivity index (χ4n) is 2.45. The number of Topliss-reactive ketones (excluding diaryl/α,β-unsaturated/α-hetero) is 2. The summed E-state index contributed by atoms with van der Waals surface area (Å²) in [5.74, 6) is -0.592. The van der Waals surface area contributed by atoms with Crippen molar-refractivity contribution < 1.29 is 14.4 Å². The maximum Gasteiger partial charge on any atom is 0.210 e. The summed E-state index contributed by atoms with van der Waals surface area (Å²) in [5, 5.41) is 2.92. The third-order valence-corrected chi connectivity index (χ3v) is 3.53. The lowest BCUT2D eigenvalue weighted by atomic mass is 9.92. The van der Waals surface area contributed by atoms with Gasteiger partial charge in [-0.25, -0.2) is 0 Å². The molecule has 2 aromatic carbocycles. The second-order valence-corrected chi connectivity index (χ2v) is 5.02. The first kappa shape index (κ1) is 13.9. The van der Waals surface area contributed by atoms with E-state index in [0.717, 1.165) is 0 Å². The van der Waals surface area contributed by atoms with Gasteiger partial charge in [-0.15, -0.1) is 0 Å². The molecule has 4 heteroatoms. The maximum atomic E-state index is 12.5. The summed E-state index contributed by atoms with van der Waals surface area (Å²) in [6.45, 7) is 1.46. The first-order chi connectivity index (χ1) is 10.6. The van der Waals surface area contributed by atoms with Crippen molar-refractivity contribution in [3.05, 3.63) is 77.0 Å². The van der Waals surface area contributed by atoms with E-state index in [1.807, 2.05) is 0 Å². The number of hydrogen-bond donors (Lipinski definition) is 1. The van der Waals surface area contributed by atoms with E-state index in [1.165, 1.54) is 13.0 Å². The Balaban J connectivity index is 2.00. The Labute approximate surface area is 127 Å². The third-order valence-electron chi connectivity index (χ3n) is 3.53. The van der Waals surface area contributed by atoms with Crippen molar-refractivity contribution >= 4 is 23.0 Å². The molecular weight excluding hydrogens is 278 g/mol. The van der Waals surface area contributed by atoms with E-state index in [0.29, 0.717) is 22.4 Å².